The fraction of sp³-hybridized carbons (Fsp3) is 0.577. The predicted molar refractivity (Wildman–Crippen MR) is 115 cm³/mol. The molecule has 9 heteroatoms. The molecule has 1 aliphatic carbocycles. The van der Waals surface area contributed by atoms with Gasteiger partial charge in [-0.3, -0.25) is 9.59 Å². The third kappa shape index (κ3) is 1.89. The second-order valence-corrected chi connectivity index (χ2v) is 11.3. The number of fused-ring (bicyclic) bond motifs is 1. The maximum Gasteiger partial charge on any atom is 0.343 e. The summed E-state index contributed by atoms with van der Waals surface area (Å²) < 4.78 is 36.7. The van der Waals surface area contributed by atoms with Crippen LogP contribution in [0.1, 0.15) is 52.2 Å². The average Bonchev–Trinajstić information content (AvgIpc) is 3.51. The highest BCUT2D eigenvalue weighted by Gasteiger charge is 2.93. The molecule has 0 saturated carbocycles. The van der Waals surface area contributed by atoms with Crippen LogP contribution < -0.4 is 0 Å². The molecule has 6 aliphatic heterocycles. The fourth-order valence-corrected chi connectivity index (χ4v) is 8.03. The Labute approximate surface area is 201 Å². The van der Waals surface area contributed by atoms with Crippen molar-refractivity contribution in [1.82, 2.24) is 0 Å². The molecule has 35 heavy (non-hydrogen) atoms. The molecule has 2 spiro atoms. The second-order valence-electron chi connectivity index (χ2n) is 11.3. The molecule has 9 atom stereocenters. The van der Waals surface area contributed by atoms with Crippen LogP contribution in [-0.2, 0) is 38.1 Å². The maximum atomic E-state index is 14.2. The molecule has 7 aliphatic rings. The minimum atomic E-state index is -1.79. The summed E-state index contributed by atoms with van der Waals surface area (Å²) in [5.74, 6) is -3.58. The van der Waals surface area contributed by atoms with Gasteiger partial charge in [0.25, 0.3) is 0 Å². The zero-order valence-electron chi connectivity index (χ0n) is 19.9. The minimum Gasteiger partial charge on any atom is -0.472 e. The Morgan fingerprint density at radius 3 is 2.54 bits per heavy atom. The monoisotopic (exact) mass is 482 g/mol. The van der Waals surface area contributed by atoms with Crippen molar-refractivity contribution in [2.45, 2.75) is 75.3 Å². The van der Waals surface area contributed by atoms with Gasteiger partial charge in [0.2, 0.25) is 11.4 Å². The molecule has 1 aromatic rings. The SMILES string of the molecule is C=C(C)[C@@]12C[C@@]3(O[C@@H]1CC(=O)O2)[C@]12O[C@]4(C)OC(=O)[C@@]3(C)[C@@H]4C=C[C@@]1(C)[C@H](c1ccoc1)OC2=O. The number of furan rings is 1. The van der Waals surface area contributed by atoms with Gasteiger partial charge in [-0.2, -0.15) is 0 Å². The third-order valence-corrected chi connectivity index (χ3v) is 9.71. The van der Waals surface area contributed by atoms with Gasteiger partial charge in [-0.1, -0.05) is 18.7 Å². The van der Waals surface area contributed by atoms with E-state index in [-0.39, 0.29) is 12.8 Å². The van der Waals surface area contributed by atoms with Crippen molar-refractivity contribution in [3.8, 4) is 0 Å². The highest BCUT2D eigenvalue weighted by Crippen LogP contribution is 2.77. The summed E-state index contributed by atoms with van der Waals surface area (Å²) >= 11 is 0. The summed E-state index contributed by atoms with van der Waals surface area (Å²) in [5, 5.41) is 0. The van der Waals surface area contributed by atoms with E-state index in [2.05, 4.69) is 6.58 Å². The number of carbonyl (C=O) groups excluding carboxylic acids is 3. The molecular weight excluding hydrogens is 456 g/mol. The molecule has 5 saturated heterocycles. The summed E-state index contributed by atoms with van der Waals surface area (Å²) in [4.78, 5) is 40.3. The van der Waals surface area contributed by atoms with Gasteiger partial charge >= 0.3 is 17.9 Å². The maximum absolute atomic E-state index is 14.2. The van der Waals surface area contributed by atoms with Gasteiger partial charge < -0.3 is 28.1 Å². The smallest absolute Gasteiger partial charge is 0.343 e. The highest BCUT2D eigenvalue weighted by molar-refractivity contribution is 5.93. The van der Waals surface area contributed by atoms with E-state index in [1.165, 1.54) is 12.5 Å². The zero-order chi connectivity index (χ0) is 24.8. The van der Waals surface area contributed by atoms with Crippen molar-refractivity contribution in [2.75, 3.05) is 0 Å². The Morgan fingerprint density at radius 1 is 1.11 bits per heavy atom. The first-order valence-electron chi connectivity index (χ1n) is 11.8. The van der Waals surface area contributed by atoms with Gasteiger partial charge in [0, 0.05) is 18.9 Å². The van der Waals surface area contributed by atoms with Crippen molar-refractivity contribution in [3.63, 3.8) is 0 Å². The first-order valence-corrected chi connectivity index (χ1v) is 11.8. The standard InChI is InChI=1S/C26H26O9/c1-13(2)24-12-25(32-16(24)10-17(27)33-24)22(4)15-6-8-21(3)18(14-7-9-30-11-14)31-20(29)26(21,25)35-23(15,5)34-19(22)28/h6-9,11,15-16,18H,1,10,12H2,2-5H3/t15-,16+,18-,21-,22+,23-,24-,25-,26+/m0/s1. The number of hydrogen-bond donors (Lipinski definition) is 0. The lowest BCUT2D eigenvalue weighted by Crippen LogP contribution is -2.77. The average molecular weight is 482 g/mol. The predicted octanol–water partition coefficient (Wildman–Crippen LogP) is 2.91. The Hall–Kier alpha value is -2.91. The van der Waals surface area contributed by atoms with Gasteiger partial charge in [-0.25, -0.2) is 4.79 Å². The van der Waals surface area contributed by atoms with Crippen LogP contribution >= 0.6 is 0 Å². The van der Waals surface area contributed by atoms with E-state index in [4.69, 9.17) is 28.1 Å². The molecule has 0 unspecified atom stereocenters. The van der Waals surface area contributed by atoms with Crippen LogP contribution in [0, 0.1) is 16.7 Å². The van der Waals surface area contributed by atoms with E-state index in [9.17, 15) is 14.4 Å². The molecule has 7 heterocycles. The molecule has 0 amide bonds. The van der Waals surface area contributed by atoms with Crippen molar-refractivity contribution in [1.29, 1.82) is 0 Å². The Kier molecular flexibility index (Phi) is 3.50. The fourth-order valence-electron chi connectivity index (χ4n) is 8.03. The zero-order valence-corrected chi connectivity index (χ0v) is 19.9. The van der Waals surface area contributed by atoms with Crippen molar-refractivity contribution in [3.05, 3.63) is 48.5 Å². The lowest BCUT2D eigenvalue weighted by molar-refractivity contribution is -0.353. The van der Waals surface area contributed by atoms with E-state index in [0.29, 0.717) is 11.1 Å². The molecule has 0 aromatic carbocycles. The van der Waals surface area contributed by atoms with Gasteiger partial charge in [-0.05, 0) is 32.4 Å². The molecule has 0 N–H and O–H groups in total. The summed E-state index contributed by atoms with van der Waals surface area (Å²) in [6.07, 6.45) is 5.30. The summed E-state index contributed by atoms with van der Waals surface area (Å²) in [5.41, 5.74) is -5.80. The van der Waals surface area contributed by atoms with Crippen LogP contribution in [0.25, 0.3) is 0 Å². The molecule has 184 valence electrons. The molecule has 9 nitrogen and oxygen atoms in total. The number of cyclic esters (lactones) is 1. The van der Waals surface area contributed by atoms with E-state index in [1.807, 2.05) is 19.1 Å². The lowest BCUT2D eigenvalue weighted by Gasteiger charge is -2.59. The Balaban J connectivity index is 1.55. The minimum absolute atomic E-state index is 0.00833. The molecule has 0 radical (unpaired) electrons. The molecule has 4 bridgehead atoms. The van der Waals surface area contributed by atoms with Crippen LogP contribution in [0.4, 0.5) is 0 Å². The van der Waals surface area contributed by atoms with Gasteiger partial charge in [0.15, 0.2) is 5.60 Å². The van der Waals surface area contributed by atoms with E-state index in [1.54, 1.807) is 26.8 Å². The highest BCUT2D eigenvalue weighted by atomic mass is 16.8. The number of hydrogen-bond acceptors (Lipinski definition) is 9. The van der Waals surface area contributed by atoms with Gasteiger partial charge in [0.05, 0.1) is 30.3 Å². The van der Waals surface area contributed by atoms with Gasteiger partial charge in [0.1, 0.15) is 23.2 Å². The van der Waals surface area contributed by atoms with Crippen molar-refractivity contribution >= 4 is 17.9 Å². The summed E-state index contributed by atoms with van der Waals surface area (Å²) in [6.45, 7) is 11.2. The van der Waals surface area contributed by atoms with Crippen LogP contribution in [0.5, 0.6) is 0 Å². The molecule has 5 fully saturated rings. The second kappa shape index (κ2) is 5.73. The van der Waals surface area contributed by atoms with Gasteiger partial charge in [-0.15, -0.1) is 0 Å². The summed E-state index contributed by atoms with van der Waals surface area (Å²) in [6, 6.07) is 1.74. The third-order valence-electron chi connectivity index (χ3n) is 9.71. The number of carbonyl (C=O) groups is 3. The Morgan fingerprint density at radius 2 is 1.89 bits per heavy atom. The number of ether oxygens (including phenoxy) is 5. The lowest BCUT2D eigenvalue weighted by atomic mass is 9.50. The number of esters is 3. The Bertz CT molecular complexity index is 1270. The quantitative estimate of drug-likeness (QED) is 0.357. The molecular formula is C26H26O9. The first kappa shape index (κ1) is 21.4. The van der Waals surface area contributed by atoms with E-state index < -0.39 is 69.5 Å². The first-order chi connectivity index (χ1) is 16.4. The van der Waals surface area contributed by atoms with E-state index in [0.717, 1.165) is 0 Å². The van der Waals surface area contributed by atoms with Crippen molar-refractivity contribution in [2.24, 2.45) is 16.7 Å². The topological polar surface area (TPSA) is 110 Å². The van der Waals surface area contributed by atoms with Crippen molar-refractivity contribution < 1.29 is 42.5 Å². The largest absolute Gasteiger partial charge is 0.472 e. The molecule has 1 aromatic heterocycles. The molecule has 8 rings (SSSR count). The normalized spacial score (nSPS) is 52.8. The van der Waals surface area contributed by atoms with E-state index >= 15 is 0 Å². The van der Waals surface area contributed by atoms with Crippen LogP contribution in [0.15, 0.2) is 47.3 Å². The number of rotatable bonds is 2. The summed E-state index contributed by atoms with van der Waals surface area (Å²) in [7, 11) is 0. The van der Waals surface area contributed by atoms with Crippen LogP contribution in [-0.4, -0.2) is 46.6 Å². The van der Waals surface area contributed by atoms with Crippen LogP contribution in [0.2, 0.25) is 0 Å². The van der Waals surface area contributed by atoms with Crippen LogP contribution in [0.3, 0.4) is 0 Å².